The molecular weight excluding hydrogens is 178 g/mol. The number of carboxylic acids is 1. The van der Waals surface area contributed by atoms with Crippen LogP contribution in [0.25, 0.3) is 0 Å². The molecule has 1 atom stereocenters. The zero-order valence-corrected chi connectivity index (χ0v) is 7.80. The number of carbonyl (C=O) groups excluding carboxylic acids is 1. The van der Waals surface area contributed by atoms with Gasteiger partial charge in [0.2, 0.25) is 5.91 Å². The molecule has 12 heavy (non-hydrogen) atoms. The van der Waals surface area contributed by atoms with E-state index in [1.165, 1.54) is 0 Å². The number of nitrogens with one attached hydrogen (secondary N) is 1. The number of hydrogen-bond donors (Lipinski definition) is 3. The molecule has 0 fully saturated rings. The predicted octanol–water partition coefficient (Wildman–Crippen LogP) is 0.143. The van der Waals surface area contributed by atoms with E-state index in [1.807, 2.05) is 0 Å². The zero-order valence-electron chi connectivity index (χ0n) is 6.91. The predicted molar refractivity (Wildman–Crippen MR) is 48.3 cm³/mol. The van der Waals surface area contributed by atoms with E-state index in [1.54, 1.807) is 6.92 Å². The Bertz CT molecular complexity index is 172. The lowest BCUT2D eigenvalue weighted by molar-refractivity contribution is -0.138. The van der Waals surface area contributed by atoms with E-state index in [-0.39, 0.29) is 18.4 Å². The van der Waals surface area contributed by atoms with Gasteiger partial charge in [0.05, 0.1) is 0 Å². The minimum absolute atomic E-state index is 0.165. The zero-order chi connectivity index (χ0) is 9.56. The molecule has 0 aliphatic rings. The van der Waals surface area contributed by atoms with Crippen LogP contribution in [-0.2, 0) is 9.59 Å². The van der Waals surface area contributed by atoms with Gasteiger partial charge in [-0.2, -0.15) is 12.6 Å². The van der Waals surface area contributed by atoms with Gasteiger partial charge in [-0.05, 0) is 12.2 Å². The molecule has 1 amide bonds. The second-order valence-electron chi connectivity index (χ2n) is 2.52. The number of rotatable bonds is 5. The largest absolute Gasteiger partial charge is 0.480 e. The van der Waals surface area contributed by atoms with Crippen molar-refractivity contribution in [1.29, 1.82) is 0 Å². The van der Waals surface area contributed by atoms with E-state index in [2.05, 4.69) is 17.9 Å². The summed E-state index contributed by atoms with van der Waals surface area (Å²) in [7, 11) is 0. The Morgan fingerprint density at radius 3 is 2.58 bits per heavy atom. The van der Waals surface area contributed by atoms with Crippen molar-refractivity contribution in [2.45, 2.75) is 13.3 Å². The Kier molecular flexibility index (Phi) is 5.53. The second-order valence-corrected chi connectivity index (χ2v) is 2.97. The minimum Gasteiger partial charge on any atom is -0.480 e. The van der Waals surface area contributed by atoms with Gasteiger partial charge in [0.1, 0.15) is 6.54 Å². The summed E-state index contributed by atoms with van der Waals surface area (Å²) in [5.41, 5.74) is 0. The maximum atomic E-state index is 11.0. The van der Waals surface area contributed by atoms with Gasteiger partial charge in [-0.15, -0.1) is 0 Å². The van der Waals surface area contributed by atoms with Crippen molar-refractivity contribution in [3.05, 3.63) is 0 Å². The maximum Gasteiger partial charge on any atom is 0.322 e. The molecule has 2 N–H and O–H groups in total. The fourth-order valence-electron chi connectivity index (χ4n) is 0.662. The highest BCUT2D eigenvalue weighted by Gasteiger charge is 2.11. The van der Waals surface area contributed by atoms with Crippen LogP contribution in [0.4, 0.5) is 0 Å². The first-order valence-electron chi connectivity index (χ1n) is 3.68. The first-order chi connectivity index (χ1) is 5.57. The summed E-state index contributed by atoms with van der Waals surface area (Å²) in [6.45, 7) is 1.43. The molecule has 0 aliphatic heterocycles. The van der Waals surface area contributed by atoms with Gasteiger partial charge >= 0.3 is 5.97 Å². The molecule has 0 aromatic carbocycles. The molecule has 0 saturated carbocycles. The number of hydrogen-bond acceptors (Lipinski definition) is 3. The van der Waals surface area contributed by atoms with Gasteiger partial charge in [-0.25, -0.2) is 0 Å². The van der Waals surface area contributed by atoms with Crippen LogP contribution in [0.2, 0.25) is 0 Å². The molecule has 0 radical (unpaired) electrons. The van der Waals surface area contributed by atoms with Crippen molar-refractivity contribution in [2.75, 3.05) is 12.3 Å². The Morgan fingerprint density at radius 1 is 1.58 bits per heavy atom. The molecule has 70 valence electrons. The normalized spacial score (nSPS) is 12.2. The fraction of sp³-hybridized carbons (Fsp3) is 0.714. The number of carbonyl (C=O) groups is 2. The van der Waals surface area contributed by atoms with Crippen LogP contribution in [0.5, 0.6) is 0 Å². The standard InChI is InChI=1S/C7H13NO3S/c1-5(2-3-12)7(11)8-4-6(9)10/h5,12H,2-4H2,1H3,(H,8,11)(H,9,10). The molecule has 1 unspecified atom stereocenters. The lowest BCUT2D eigenvalue weighted by Gasteiger charge is -2.08. The molecular formula is C7H13NO3S. The molecule has 0 aromatic rings. The van der Waals surface area contributed by atoms with Gasteiger partial charge in [0.15, 0.2) is 0 Å². The van der Waals surface area contributed by atoms with Gasteiger partial charge in [-0.1, -0.05) is 6.92 Å². The maximum absolute atomic E-state index is 11.0. The van der Waals surface area contributed by atoms with E-state index in [9.17, 15) is 9.59 Å². The van der Waals surface area contributed by atoms with E-state index < -0.39 is 5.97 Å². The van der Waals surface area contributed by atoms with Crippen molar-refractivity contribution in [3.8, 4) is 0 Å². The SMILES string of the molecule is CC(CCS)C(=O)NCC(=O)O. The van der Waals surface area contributed by atoms with Gasteiger partial charge in [0.25, 0.3) is 0 Å². The number of carboxylic acid groups (broad SMARTS) is 1. The van der Waals surface area contributed by atoms with Crippen molar-refractivity contribution >= 4 is 24.5 Å². The summed E-state index contributed by atoms with van der Waals surface area (Å²) in [6.07, 6.45) is 0.661. The average molecular weight is 191 g/mol. The van der Waals surface area contributed by atoms with Gasteiger partial charge in [0, 0.05) is 5.92 Å². The highest BCUT2D eigenvalue weighted by molar-refractivity contribution is 7.80. The summed E-state index contributed by atoms with van der Waals surface area (Å²) < 4.78 is 0. The van der Waals surface area contributed by atoms with Crippen molar-refractivity contribution in [1.82, 2.24) is 5.32 Å². The Morgan fingerprint density at radius 2 is 2.17 bits per heavy atom. The molecule has 4 nitrogen and oxygen atoms in total. The highest BCUT2D eigenvalue weighted by Crippen LogP contribution is 2.01. The average Bonchev–Trinajstić information content (AvgIpc) is 2.00. The summed E-state index contributed by atoms with van der Waals surface area (Å²) >= 11 is 3.97. The van der Waals surface area contributed by atoms with Crippen molar-refractivity contribution in [2.24, 2.45) is 5.92 Å². The molecule has 0 rings (SSSR count). The molecule has 0 bridgehead atoms. The lowest BCUT2D eigenvalue weighted by atomic mass is 10.1. The number of aliphatic carboxylic acids is 1. The summed E-state index contributed by atoms with van der Waals surface area (Å²) in [5.74, 6) is -0.795. The summed E-state index contributed by atoms with van der Waals surface area (Å²) in [4.78, 5) is 21.1. The highest BCUT2D eigenvalue weighted by atomic mass is 32.1. The third kappa shape index (κ3) is 5.01. The van der Waals surface area contributed by atoms with Crippen molar-refractivity contribution in [3.63, 3.8) is 0 Å². The smallest absolute Gasteiger partial charge is 0.322 e. The van der Waals surface area contributed by atoms with Crippen LogP contribution < -0.4 is 5.32 Å². The van der Waals surface area contributed by atoms with Crippen LogP contribution >= 0.6 is 12.6 Å². The Hall–Kier alpha value is -0.710. The first kappa shape index (κ1) is 11.3. The molecule has 0 aliphatic carbocycles. The Labute approximate surface area is 76.8 Å². The Balaban J connectivity index is 3.64. The molecule has 0 spiro atoms. The lowest BCUT2D eigenvalue weighted by Crippen LogP contribution is -2.33. The topological polar surface area (TPSA) is 66.4 Å². The van der Waals surface area contributed by atoms with Crippen LogP contribution in [0, 0.1) is 5.92 Å². The van der Waals surface area contributed by atoms with E-state index in [0.29, 0.717) is 12.2 Å². The van der Waals surface area contributed by atoms with Crippen LogP contribution in [0.3, 0.4) is 0 Å². The first-order valence-corrected chi connectivity index (χ1v) is 4.31. The summed E-state index contributed by atoms with van der Waals surface area (Å²) in [6, 6.07) is 0. The molecule has 0 heterocycles. The van der Waals surface area contributed by atoms with Crippen LogP contribution in [0.15, 0.2) is 0 Å². The van der Waals surface area contributed by atoms with Crippen molar-refractivity contribution < 1.29 is 14.7 Å². The summed E-state index contributed by atoms with van der Waals surface area (Å²) in [5, 5.41) is 10.5. The molecule has 5 heteroatoms. The monoisotopic (exact) mass is 191 g/mol. The minimum atomic E-state index is -1.03. The van der Waals surface area contributed by atoms with E-state index in [0.717, 1.165) is 0 Å². The number of amides is 1. The fourth-order valence-corrected chi connectivity index (χ4v) is 1.05. The van der Waals surface area contributed by atoms with Gasteiger partial charge < -0.3 is 10.4 Å². The molecule has 0 saturated heterocycles. The quantitative estimate of drug-likeness (QED) is 0.542. The van der Waals surface area contributed by atoms with Crippen LogP contribution in [0.1, 0.15) is 13.3 Å². The van der Waals surface area contributed by atoms with E-state index in [4.69, 9.17) is 5.11 Å². The third-order valence-electron chi connectivity index (χ3n) is 1.42. The van der Waals surface area contributed by atoms with Gasteiger partial charge in [-0.3, -0.25) is 9.59 Å². The van der Waals surface area contributed by atoms with Crippen LogP contribution in [-0.4, -0.2) is 29.3 Å². The second kappa shape index (κ2) is 5.88. The third-order valence-corrected chi connectivity index (χ3v) is 1.68. The number of thiol groups is 1. The molecule has 0 aromatic heterocycles. The van der Waals surface area contributed by atoms with E-state index >= 15 is 0 Å².